The number of nitrogens with zero attached hydrogens (tertiary/aromatic N) is 3. The Balaban J connectivity index is 1.31. The lowest BCUT2D eigenvalue weighted by molar-refractivity contribution is -0.274. The van der Waals surface area contributed by atoms with Crippen molar-refractivity contribution in [3.8, 4) is 22.9 Å². The number of alkyl halides is 3. The summed E-state index contributed by atoms with van der Waals surface area (Å²) in [6.07, 6.45) is -4.37. The number of carboxylic acids is 1. The highest BCUT2D eigenvalue weighted by atomic mass is 35.5. The van der Waals surface area contributed by atoms with E-state index in [2.05, 4.69) is 9.84 Å². The van der Waals surface area contributed by atoms with Crippen molar-refractivity contribution in [2.24, 2.45) is 0 Å². The molecule has 2 heterocycles. The molecule has 222 valence electrons. The van der Waals surface area contributed by atoms with Gasteiger partial charge in [-0.05, 0) is 66.1 Å². The molecule has 11 nitrogen and oxygen atoms in total. The molecule has 0 atom stereocenters. The molecule has 16 heteroatoms. The summed E-state index contributed by atoms with van der Waals surface area (Å²) in [5.74, 6) is -2.02. The molecule has 1 aromatic heterocycles. The van der Waals surface area contributed by atoms with Crippen molar-refractivity contribution < 1.29 is 37.3 Å². The summed E-state index contributed by atoms with van der Waals surface area (Å²) < 4.78 is 47.6. The van der Waals surface area contributed by atoms with Crippen LogP contribution in [-0.4, -0.2) is 49.6 Å². The van der Waals surface area contributed by atoms with Crippen LogP contribution in [0.1, 0.15) is 32.0 Å². The number of ether oxygens (including phenoxy) is 2. The molecule has 0 saturated heterocycles. The summed E-state index contributed by atoms with van der Waals surface area (Å²) in [5.41, 5.74) is -1.19. The zero-order chi connectivity index (χ0) is 31.1. The van der Waals surface area contributed by atoms with Gasteiger partial charge in [0, 0.05) is 18.7 Å². The van der Waals surface area contributed by atoms with Crippen molar-refractivity contribution >= 4 is 35.1 Å². The molecule has 5 rings (SSSR count). The van der Waals surface area contributed by atoms with Gasteiger partial charge in [0.05, 0.1) is 15.7 Å². The van der Waals surface area contributed by atoms with Crippen LogP contribution >= 0.6 is 23.2 Å². The first-order chi connectivity index (χ1) is 20.3. The summed E-state index contributed by atoms with van der Waals surface area (Å²) in [6, 6.07) is 12.3. The second-order valence-electron chi connectivity index (χ2n) is 9.14. The van der Waals surface area contributed by atoms with Gasteiger partial charge in [-0.3, -0.25) is 14.6 Å². The first kappa shape index (κ1) is 29.7. The molecule has 0 fully saturated rings. The van der Waals surface area contributed by atoms with Gasteiger partial charge < -0.3 is 19.5 Å². The number of hydrogen-bond acceptors (Lipinski definition) is 7. The van der Waals surface area contributed by atoms with Gasteiger partial charge in [-0.25, -0.2) is 9.59 Å². The second kappa shape index (κ2) is 11.5. The van der Waals surface area contributed by atoms with Crippen LogP contribution in [0.2, 0.25) is 10.0 Å². The van der Waals surface area contributed by atoms with E-state index in [0.717, 1.165) is 23.3 Å². The SMILES string of the molecule is O=C(O)c1nn(-c2cc(Cl)c(Oc3ccc4c(c3)CCN(C(=O)c3ccc(OC(F)(F)F)cc3)C4)c(Cl)c2)c(=O)[nH]c1=O. The fraction of sp³-hybridized carbons (Fsp3) is 0.148. The Kier molecular flexibility index (Phi) is 7.90. The van der Waals surface area contributed by atoms with Crippen LogP contribution < -0.4 is 20.7 Å². The summed E-state index contributed by atoms with van der Waals surface area (Å²) >= 11 is 12.7. The van der Waals surface area contributed by atoms with Crippen LogP contribution in [0.15, 0.2) is 64.2 Å². The van der Waals surface area contributed by atoms with Gasteiger partial charge in [-0.2, -0.15) is 9.78 Å². The van der Waals surface area contributed by atoms with Crippen LogP contribution in [0.4, 0.5) is 13.2 Å². The van der Waals surface area contributed by atoms with Crippen LogP contribution in [0.25, 0.3) is 5.69 Å². The number of carboxylic acid groups (broad SMARTS) is 1. The topological polar surface area (TPSA) is 144 Å². The molecule has 4 aromatic rings. The van der Waals surface area contributed by atoms with Crippen LogP contribution in [0.3, 0.4) is 0 Å². The van der Waals surface area contributed by atoms with Gasteiger partial charge in [0.2, 0.25) is 5.69 Å². The van der Waals surface area contributed by atoms with Crippen LogP contribution in [0.5, 0.6) is 17.2 Å². The average molecular weight is 637 g/mol. The molecule has 0 radical (unpaired) electrons. The molecule has 2 N–H and O–H groups in total. The number of amides is 1. The third kappa shape index (κ3) is 6.49. The van der Waals surface area contributed by atoms with E-state index in [0.29, 0.717) is 23.4 Å². The van der Waals surface area contributed by atoms with E-state index in [9.17, 15) is 32.3 Å². The largest absolute Gasteiger partial charge is 0.573 e. The summed E-state index contributed by atoms with van der Waals surface area (Å²) in [5, 5.41) is 12.6. The lowest BCUT2D eigenvalue weighted by Crippen LogP contribution is -2.35. The predicted octanol–water partition coefficient (Wildman–Crippen LogP) is 4.82. The number of carbonyl (C=O) groups is 2. The average Bonchev–Trinajstić information content (AvgIpc) is 2.93. The molecule has 1 aliphatic rings. The number of hydrogen-bond donors (Lipinski definition) is 2. The van der Waals surface area contributed by atoms with Gasteiger partial charge >= 0.3 is 18.0 Å². The van der Waals surface area contributed by atoms with Gasteiger partial charge in [-0.1, -0.05) is 29.3 Å². The van der Waals surface area contributed by atoms with Crippen LogP contribution in [0, 0.1) is 0 Å². The Labute approximate surface area is 248 Å². The first-order valence-electron chi connectivity index (χ1n) is 12.2. The number of nitrogens with one attached hydrogen (secondary N) is 1. The molecule has 0 unspecified atom stereocenters. The van der Waals surface area contributed by atoms with Crippen molar-refractivity contribution in [1.82, 2.24) is 19.7 Å². The van der Waals surface area contributed by atoms with E-state index in [1.165, 1.54) is 24.3 Å². The molecular weight excluding hydrogens is 620 g/mol. The molecule has 3 aromatic carbocycles. The van der Waals surface area contributed by atoms with E-state index in [1.807, 2.05) is 4.98 Å². The van der Waals surface area contributed by atoms with Crippen LogP contribution in [-0.2, 0) is 13.0 Å². The number of halogens is 5. The number of carbonyl (C=O) groups excluding carboxylic acids is 1. The third-order valence-electron chi connectivity index (χ3n) is 6.29. The summed E-state index contributed by atoms with van der Waals surface area (Å²) in [4.78, 5) is 51.5. The summed E-state index contributed by atoms with van der Waals surface area (Å²) in [6.45, 7) is 0.594. The molecular formula is C27H17Cl2F3N4O7. The third-order valence-corrected chi connectivity index (χ3v) is 6.85. The van der Waals surface area contributed by atoms with Gasteiger partial charge in [0.25, 0.3) is 11.5 Å². The van der Waals surface area contributed by atoms with E-state index >= 15 is 0 Å². The van der Waals surface area contributed by atoms with E-state index in [4.69, 9.17) is 33.0 Å². The maximum absolute atomic E-state index is 12.9. The standard InChI is InChI=1S/C27H17Cl2F3N4O7/c28-19-10-16(36-26(41)33-23(37)21(34-36)25(39)40)11-20(29)22(19)42-18-6-3-15-12-35(8-7-14(15)9-18)24(38)13-1-4-17(5-2-13)43-27(30,31)32/h1-6,9-11H,7-8,12H2,(H,39,40)(H,33,37,41). The highest BCUT2D eigenvalue weighted by Gasteiger charge is 2.31. The molecule has 1 aliphatic heterocycles. The smallest absolute Gasteiger partial charge is 0.476 e. The fourth-order valence-corrected chi connectivity index (χ4v) is 4.90. The molecule has 0 aliphatic carbocycles. The lowest BCUT2D eigenvalue weighted by Gasteiger charge is -2.29. The second-order valence-corrected chi connectivity index (χ2v) is 9.96. The van der Waals surface area contributed by atoms with Crippen molar-refractivity contribution in [1.29, 1.82) is 0 Å². The van der Waals surface area contributed by atoms with Gasteiger partial charge in [0.1, 0.15) is 11.5 Å². The van der Waals surface area contributed by atoms with E-state index in [1.54, 1.807) is 23.1 Å². The zero-order valence-electron chi connectivity index (χ0n) is 21.4. The minimum absolute atomic E-state index is 0.0242. The zero-order valence-corrected chi connectivity index (χ0v) is 23.0. The number of rotatable bonds is 6. The minimum Gasteiger partial charge on any atom is -0.476 e. The Morgan fingerprint density at radius 1 is 0.953 bits per heavy atom. The molecule has 1 amide bonds. The molecule has 0 spiro atoms. The fourth-order valence-electron chi connectivity index (χ4n) is 4.35. The quantitative estimate of drug-likeness (QED) is 0.307. The van der Waals surface area contributed by atoms with Crippen molar-refractivity contribution in [3.63, 3.8) is 0 Å². The number of aromatic nitrogens is 3. The van der Waals surface area contributed by atoms with E-state index < -0.39 is 35.0 Å². The molecule has 43 heavy (non-hydrogen) atoms. The predicted molar refractivity (Wildman–Crippen MR) is 146 cm³/mol. The number of H-pyrrole nitrogens is 1. The highest BCUT2D eigenvalue weighted by Crippen LogP contribution is 2.39. The van der Waals surface area contributed by atoms with Gasteiger partial charge in [-0.15, -0.1) is 13.2 Å². The van der Waals surface area contributed by atoms with Gasteiger partial charge in [0.15, 0.2) is 5.75 Å². The van der Waals surface area contributed by atoms with Crippen molar-refractivity contribution in [2.45, 2.75) is 19.3 Å². The maximum atomic E-state index is 12.9. The van der Waals surface area contributed by atoms with Crippen molar-refractivity contribution in [3.05, 3.63) is 108 Å². The number of aromatic carboxylic acids is 1. The number of aromatic amines is 1. The summed E-state index contributed by atoms with van der Waals surface area (Å²) in [7, 11) is 0. The monoisotopic (exact) mass is 636 g/mol. The number of benzene rings is 3. The Morgan fingerprint density at radius 2 is 1.60 bits per heavy atom. The lowest BCUT2D eigenvalue weighted by atomic mass is 9.98. The normalized spacial score (nSPS) is 12.9. The number of fused-ring (bicyclic) bond motifs is 1. The first-order valence-corrected chi connectivity index (χ1v) is 13.0. The van der Waals surface area contributed by atoms with E-state index in [-0.39, 0.29) is 39.5 Å². The Hall–Kier alpha value is -4.82. The molecule has 0 saturated carbocycles. The highest BCUT2D eigenvalue weighted by molar-refractivity contribution is 6.37. The Bertz CT molecular complexity index is 1850. The Morgan fingerprint density at radius 3 is 2.23 bits per heavy atom. The molecule has 0 bridgehead atoms. The minimum atomic E-state index is -4.83. The maximum Gasteiger partial charge on any atom is 0.573 e. The van der Waals surface area contributed by atoms with Crippen molar-refractivity contribution in [2.75, 3.05) is 6.54 Å².